The summed E-state index contributed by atoms with van der Waals surface area (Å²) in [6.45, 7) is 2.36. The summed E-state index contributed by atoms with van der Waals surface area (Å²) in [5.74, 6) is 0.362. The molecular weight excluding hydrogens is 240 g/mol. The van der Waals surface area contributed by atoms with Gasteiger partial charge in [-0.3, -0.25) is 0 Å². The SMILES string of the molecule is Cc1ccc(C(O)CN2N=NC(CCl)N2)cc1. The third kappa shape index (κ3) is 3.15. The quantitative estimate of drug-likeness (QED) is 0.806. The second-order valence-electron chi connectivity index (χ2n) is 4.01. The lowest BCUT2D eigenvalue weighted by atomic mass is 10.1. The van der Waals surface area contributed by atoms with Crippen LogP contribution in [0.1, 0.15) is 17.2 Å². The van der Waals surface area contributed by atoms with E-state index in [1.54, 1.807) is 0 Å². The van der Waals surface area contributed by atoms with Gasteiger partial charge in [0.25, 0.3) is 0 Å². The molecule has 1 aliphatic heterocycles. The van der Waals surface area contributed by atoms with E-state index in [1.165, 1.54) is 10.7 Å². The van der Waals surface area contributed by atoms with Crippen LogP contribution < -0.4 is 5.43 Å². The van der Waals surface area contributed by atoms with E-state index in [4.69, 9.17) is 11.6 Å². The van der Waals surface area contributed by atoms with Crippen molar-refractivity contribution in [1.29, 1.82) is 0 Å². The van der Waals surface area contributed by atoms with Crippen LogP contribution in [-0.2, 0) is 0 Å². The molecule has 2 unspecified atom stereocenters. The van der Waals surface area contributed by atoms with Crippen LogP contribution in [-0.4, -0.2) is 28.8 Å². The van der Waals surface area contributed by atoms with E-state index in [1.807, 2.05) is 31.2 Å². The Labute approximate surface area is 105 Å². The molecule has 0 saturated carbocycles. The molecule has 1 heterocycles. The van der Waals surface area contributed by atoms with E-state index in [-0.39, 0.29) is 6.17 Å². The van der Waals surface area contributed by atoms with Gasteiger partial charge in [-0.25, -0.2) is 5.12 Å². The van der Waals surface area contributed by atoms with Crippen LogP contribution in [0.3, 0.4) is 0 Å². The molecule has 2 rings (SSSR count). The topological polar surface area (TPSA) is 60.2 Å². The normalized spacial score (nSPS) is 20.9. The zero-order chi connectivity index (χ0) is 12.3. The van der Waals surface area contributed by atoms with Crippen LogP contribution in [0, 0.1) is 6.92 Å². The minimum Gasteiger partial charge on any atom is -0.386 e. The molecule has 5 nitrogen and oxygen atoms in total. The maximum atomic E-state index is 10.0. The van der Waals surface area contributed by atoms with E-state index < -0.39 is 6.10 Å². The Balaban J connectivity index is 1.91. The summed E-state index contributed by atoms with van der Waals surface area (Å²) in [6, 6.07) is 7.76. The highest BCUT2D eigenvalue weighted by molar-refractivity contribution is 6.18. The lowest BCUT2D eigenvalue weighted by molar-refractivity contribution is 0.0903. The highest BCUT2D eigenvalue weighted by atomic mass is 35.5. The summed E-state index contributed by atoms with van der Waals surface area (Å²) in [4.78, 5) is 0. The number of β-amino-alcohol motifs (C(OH)–C–C–N with tert-alkyl or cyclic N) is 1. The van der Waals surface area contributed by atoms with Crippen LogP contribution in [0.4, 0.5) is 0 Å². The summed E-state index contributed by atoms with van der Waals surface area (Å²) in [5.41, 5.74) is 4.99. The molecule has 0 aromatic heterocycles. The molecule has 6 heteroatoms. The molecule has 0 bridgehead atoms. The van der Waals surface area contributed by atoms with E-state index >= 15 is 0 Å². The van der Waals surface area contributed by atoms with Crippen molar-refractivity contribution in [2.75, 3.05) is 12.4 Å². The number of aliphatic hydroxyl groups excluding tert-OH is 1. The zero-order valence-corrected chi connectivity index (χ0v) is 10.3. The summed E-state index contributed by atoms with van der Waals surface area (Å²) < 4.78 is 0. The first-order chi connectivity index (χ1) is 8.19. The number of hydrazine groups is 1. The van der Waals surface area contributed by atoms with Gasteiger partial charge in [-0.2, -0.15) is 5.43 Å². The Morgan fingerprint density at radius 1 is 1.47 bits per heavy atom. The molecule has 2 atom stereocenters. The predicted molar refractivity (Wildman–Crippen MR) is 65.3 cm³/mol. The highest BCUT2D eigenvalue weighted by Crippen LogP contribution is 2.16. The third-order valence-electron chi connectivity index (χ3n) is 2.55. The molecule has 0 spiro atoms. The minimum absolute atomic E-state index is 0.193. The Kier molecular flexibility index (Phi) is 3.93. The van der Waals surface area contributed by atoms with Crippen molar-refractivity contribution >= 4 is 11.6 Å². The number of nitrogens with zero attached hydrogens (tertiary/aromatic N) is 3. The number of hydrogen-bond acceptors (Lipinski definition) is 5. The number of hydrogen-bond donors (Lipinski definition) is 2. The average Bonchev–Trinajstić information content (AvgIpc) is 2.77. The van der Waals surface area contributed by atoms with Gasteiger partial charge in [0.1, 0.15) is 0 Å². The Morgan fingerprint density at radius 3 is 2.76 bits per heavy atom. The Morgan fingerprint density at radius 2 is 2.18 bits per heavy atom. The Bertz CT molecular complexity index is 395. The van der Waals surface area contributed by atoms with Gasteiger partial charge < -0.3 is 5.11 Å². The molecule has 0 radical (unpaired) electrons. The number of rotatable bonds is 4. The van der Waals surface area contributed by atoms with Crippen molar-refractivity contribution < 1.29 is 5.11 Å². The fourth-order valence-electron chi connectivity index (χ4n) is 1.56. The Hall–Kier alpha value is -1.17. The highest BCUT2D eigenvalue weighted by Gasteiger charge is 2.20. The number of benzene rings is 1. The second kappa shape index (κ2) is 5.44. The fourth-order valence-corrected chi connectivity index (χ4v) is 1.69. The van der Waals surface area contributed by atoms with Crippen molar-refractivity contribution in [3.8, 4) is 0 Å². The largest absolute Gasteiger partial charge is 0.386 e. The van der Waals surface area contributed by atoms with Gasteiger partial charge in [0.05, 0.1) is 18.5 Å². The van der Waals surface area contributed by atoms with Crippen LogP contribution in [0.5, 0.6) is 0 Å². The van der Waals surface area contributed by atoms with Crippen molar-refractivity contribution in [3.63, 3.8) is 0 Å². The van der Waals surface area contributed by atoms with Gasteiger partial charge in [0, 0.05) is 0 Å². The van der Waals surface area contributed by atoms with Crippen molar-refractivity contribution in [2.45, 2.75) is 19.2 Å². The summed E-state index contributed by atoms with van der Waals surface area (Å²) in [6.07, 6.45) is -0.794. The van der Waals surface area contributed by atoms with Crippen LogP contribution >= 0.6 is 11.6 Å². The first-order valence-corrected chi connectivity index (χ1v) is 5.97. The monoisotopic (exact) mass is 254 g/mol. The predicted octanol–water partition coefficient (Wildman–Crippen LogP) is 1.78. The summed E-state index contributed by atoms with van der Waals surface area (Å²) in [7, 11) is 0. The number of halogens is 1. The van der Waals surface area contributed by atoms with Crippen molar-refractivity contribution in [1.82, 2.24) is 10.5 Å². The van der Waals surface area contributed by atoms with Gasteiger partial charge >= 0.3 is 0 Å². The molecule has 1 aromatic rings. The maximum Gasteiger partial charge on any atom is 0.154 e. The molecule has 2 N–H and O–H groups in total. The second-order valence-corrected chi connectivity index (χ2v) is 4.32. The molecule has 92 valence electrons. The van der Waals surface area contributed by atoms with E-state index in [9.17, 15) is 5.11 Å². The summed E-state index contributed by atoms with van der Waals surface area (Å²) >= 11 is 5.64. The first-order valence-electron chi connectivity index (χ1n) is 5.44. The summed E-state index contributed by atoms with van der Waals surface area (Å²) in [5, 5.41) is 19.3. The lowest BCUT2D eigenvalue weighted by Crippen LogP contribution is -2.38. The van der Waals surface area contributed by atoms with Crippen LogP contribution in [0.25, 0.3) is 0 Å². The number of alkyl halides is 1. The van der Waals surface area contributed by atoms with Crippen molar-refractivity contribution in [2.24, 2.45) is 10.3 Å². The number of nitrogens with one attached hydrogen (secondary N) is 1. The molecule has 0 fully saturated rings. The van der Waals surface area contributed by atoms with Gasteiger partial charge in [-0.15, -0.1) is 16.7 Å². The van der Waals surface area contributed by atoms with E-state index in [0.717, 1.165) is 5.56 Å². The molecule has 1 aromatic carbocycles. The average molecular weight is 255 g/mol. The third-order valence-corrected chi connectivity index (χ3v) is 2.84. The lowest BCUT2D eigenvalue weighted by Gasteiger charge is -2.18. The maximum absolute atomic E-state index is 10.0. The zero-order valence-electron chi connectivity index (χ0n) is 9.55. The first kappa shape index (κ1) is 12.3. The molecule has 0 amide bonds. The van der Waals surface area contributed by atoms with Crippen LogP contribution in [0.2, 0.25) is 0 Å². The van der Waals surface area contributed by atoms with Gasteiger partial charge in [-0.05, 0) is 12.5 Å². The molecule has 0 aliphatic carbocycles. The minimum atomic E-state index is -0.601. The van der Waals surface area contributed by atoms with Crippen molar-refractivity contribution in [3.05, 3.63) is 35.4 Å². The van der Waals surface area contributed by atoms with Gasteiger partial charge in [-0.1, -0.05) is 35.1 Å². The van der Waals surface area contributed by atoms with Gasteiger partial charge in [0.15, 0.2) is 6.17 Å². The molecule has 0 saturated heterocycles. The van der Waals surface area contributed by atoms with E-state index in [0.29, 0.717) is 12.4 Å². The number of aliphatic hydroxyl groups is 1. The number of aryl methyl sites for hydroxylation is 1. The van der Waals surface area contributed by atoms with E-state index in [2.05, 4.69) is 15.8 Å². The molecular formula is C11H15ClN4O. The van der Waals surface area contributed by atoms with Crippen LogP contribution in [0.15, 0.2) is 34.6 Å². The molecule has 17 heavy (non-hydrogen) atoms. The standard InChI is InChI=1S/C11H15ClN4O/c1-8-2-4-9(5-3-8)10(17)7-16-14-11(6-12)13-15-16/h2-5,10-11,14,17H,6-7H2,1H3. The van der Waals surface area contributed by atoms with Gasteiger partial charge in [0.2, 0.25) is 0 Å². The molecule has 1 aliphatic rings. The smallest absolute Gasteiger partial charge is 0.154 e. The fraction of sp³-hybridized carbons (Fsp3) is 0.455.